The topological polar surface area (TPSA) is 29.5 Å². The van der Waals surface area contributed by atoms with Crippen molar-refractivity contribution < 1.29 is 9.53 Å². The van der Waals surface area contributed by atoms with Gasteiger partial charge in [0, 0.05) is 6.54 Å². The van der Waals surface area contributed by atoms with Crippen molar-refractivity contribution >= 4 is 5.97 Å². The molecule has 116 valence electrons. The zero-order valence-corrected chi connectivity index (χ0v) is 13.3. The molecule has 3 heteroatoms. The van der Waals surface area contributed by atoms with E-state index >= 15 is 0 Å². The minimum absolute atomic E-state index is 0.279. The number of carbonyl (C=O) groups is 1. The van der Waals surface area contributed by atoms with E-state index in [1.807, 2.05) is 36.4 Å². The SMILES string of the molecule is CCN(CC)Cc1ccccc1COC(=O)c1ccccc1. The number of esters is 1. The van der Waals surface area contributed by atoms with Crippen molar-refractivity contribution in [2.24, 2.45) is 0 Å². The minimum Gasteiger partial charge on any atom is -0.457 e. The lowest BCUT2D eigenvalue weighted by Gasteiger charge is -2.20. The lowest BCUT2D eigenvalue weighted by atomic mass is 10.1. The first-order chi connectivity index (χ1) is 10.7. The first-order valence-corrected chi connectivity index (χ1v) is 7.75. The van der Waals surface area contributed by atoms with E-state index in [4.69, 9.17) is 4.74 Å². The van der Waals surface area contributed by atoms with E-state index in [-0.39, 0.29) is 5.97 Å². The van der Waals surface area contributed by atoms with Crippen LogP contribution in [-0.4, -0.2) is 24.0 Å². The highest BCUT2D eigenvalue weighted by molar-refractivity contribution is 5.89. The summed E-state index contributed by atoms with van der Waals surface area (Å²) in [4.78, 5) is 14.4. The van der Waals surface area contributed by atoms with Gasteiger partial charge in [0.25, 0.3) is 0 Å². The van der Waals surface area contributed by atoms with Gasteiger partial charge in [-0.25, -0.2) is 4.79 Å². The monoisotopic (exact) mass is 297 g/mol. The largest absolute Gasteiger partial charge is 0.457 e. The van der Waals surface area contributed by atoms with Crippen LogP contribution in [0.5, 0.6) is 0 Å². The van der Waals surface area contributed by atoms with Crippen molar-refractivity contribution in [3.8, 4) is 0 Å². The molecule has 0 aromatic heterocycles. The second-order valence-corrected chi connectivity index (χ2v) is 5.17. The molecule has 0 fully saturated rings. The van der Waals surface area contributed by atoms with Gasteiger partial charge >= 0.3 is 5.97 Å². The molecule has 0 bridgehead atoms. The highest BCUT2D eigenvalue weighted by Gasteiger charge is 2.10. The predicted octanol–water partition coefficient (Wildman–Crippen LogP) is 3.89. The molecule has 2 aromatic rings. The third-order valence-corrected chi connectivity index (χ3v) is 3.78. The first-order valence-electron chi connectivity index (χ1n) is 7.75. The highest BCUT2D eigenvalue weighted by atomic mass is 16.5. The van der Waals surface area contributed by atoms with Crippen molar-refractivity contribution in [3.63, 3.8) is 0 Å². The zero-order valence-electron chi connectivity index (χ0n) is 13.3. The van der Waals surface area contributed by atoms with Gasteiger partial charge < -0.3 is 4.74 Å². The average molecular weight is 297 g/mol. The third-order valence-electron chi connectivity index (χ3n) is 3.78. The number of rotatable bonds is 7. The molecule has 0 unspecified atom stereocenters. The predicted molar refractivity (Wildman–Crippen MR) is 88.6 cm³/mol. The van der Waals surface area contributed by atoms with Crippen LogP contribution >= 0.6 is 0 Å². The summed E-state index contributed by atoms with van der Waals surface area (Å²) in [6.45, 7) is 7.52. The average Bonchev–Trinajstić information content (AvgIpc) is 2.59. The van der Waals surface area contributed by atoms with E-state index < -0.39 is 0 Å². The number of nitrogens with zero attached hydrogens (tertiary/aromatic N) is 1. The van der Waals surface area contributed by atoms with E-state index in [1.54, 1.807) is 12.1 Å². The Morgan fingerprint density at radius 1 is 0.909 bits per heavy atom. The van der Waals surface area contributed by atoms with Crippen LogP contribution in [0.15, 0.2) is 54.6 Å². The van der Waals surface area contributed by atoms with Crippen molar-refractivity contribution in [1.29, 1.82) is 0 Å². The van der Waals surface area contributed by atoms with Gasteiger partial charge in [0.2, 0.25) is 0 Å². The van der Waals surface area contributed by atoms with E-state index in [0.29, 0.717) is 12.2 Å². The van der Waals surface area contributed by atoms with Crippen molar-refractivity contribution in [3.05, 3.63) is 71.3 Å². The Bertz CT molecular complexity index is 591. The van der Waals surface area contributed by atoms with Crippen LogP contribution < -0.4 is 0 Å². The number of hydrogen-bond acceptors (Lipinski definition) is 3. The summed E-state index contributed by atoms with van der Waals surface area (Å²) in [5, 5.41) is 0. The molecule has 0 saturated heterocycles. The number of ether oxygens (including phenoxy) is 1. The summed E-state index contributed by atoms with van der Waals surface area (Å²) in [6, 6.07) is 17.2. The van der Waals surface area contributed by atoms with Crippen LogP contribution in [0.25, 0.3) is 0 Å². The maximum Gasteiger partial charge on any atom is 0.338 e. The van der Waals surface area contributed by atoms with Crippen LogP contribution in [0.2, 0.25) is 0 Å². The molecule has 0 aliphatic heterocycles. The summed E-state index contributed by atoms with van der Waals surface area (Å²) in [6.07, 6.45) is 0. The smallest absolute Gasteiger partial charge is 0.338 e. The van der Waals surface area contributed by atoms with Gasteiger partial charge in [-0.05, 0) is 36.3 Å². The van der Waals surface area contributed by atoms with Crippen LogP contribution in [0.3, 0.4) is 0 Å². The lowest BCUT2D eigenvalue weighted by Crippen LogP contribution is -2.23. The number of hydrogen-bond donors (Lipinski definition) is 0. The van der Waals surface area contributed by atoms with Gasteiger partial charge in [0.1, 0.15) is 6.61 Å². The molecule has 0 saturated carbocycles. The number of benzene rings is 2. The molecule has 2 rings (SSSR count). The molecule has 0 heterocycles. The minimum atomic E-state index is -0.279. The molecule has 3 nitrogen and oxygen atoms in total. The molecular weight excluding hydrogens is 274 g/mol. The quantitative estimate of drug-likeness (QED) is 0.726. The Labute approximate surface area is 132 Å². The first kappa shape index (κ1) is 16.2. The Kier molecular flexibility index (Phi) is 6.16. The molecule has 0 atom stereocenters. The Morgan fingerprint density at radius 2 is 1.50 bits per heavy atom. The van der Waals surface area contributed by atoms with Crippen molar-refractivity contribution in [2.75, 3.05) is 13.1 Å². The summed E-state index contributed by atoms with van der Waals surface area (Å²) in [7, 11) is 0. The van der Waals surface area contributed by atoms with Crippen molar-refractivity contribution in [2.45, 2.75) is 27.0 Å². The number of carbonyl (C=O) groups excluding carboxylic acids is 1. The molecule has 0 radical (unpaired) electrons. The Hall–Kier alpha value is -2.13. The van der Waals surface area contributed by atoms with E-state index in [9.17, 15) is 4.79 Å². The van der Waals surface area contributed by atoms with E-state index in [0.717, 1.165) is 25.2 Å². The van der Waals surface area contributed by atoms with Crippen molar-refractivity contribution in [1.82, 2.24) is 4.90 Å². The Balaban J connectivity index is 2.02. The molecule has 0 aliphatic carbocycles. The highest BCUT2D eigenvalue weighted by Crippen LogP contribution is 2.14. The van der Waals surface area contributed by atoms with Crippen LogP contribution in [0.4, 0.5) is 0 Å². The molecule has 22 heavy (non-hydrogen) atoms. The molecule has 2 aromatic carbocycles. The summed E-state index contributed by atoms with van der Waals surface area (Å²) in [5.41, 5.74) is 2.87. The standard InChI is InChI=1S/C19H23NO2/c1-3-20(4-2)14-17-12-8-9-13-18(17)15-22-19(21)16-10-6-5-7-11-16/h5-13H,3-4,14-15H2,1-2H3. The zero-order chi connectivity index (χ0) is 15.8. The summed E-state index contributed by atoms with van der Waals surface area (Å²) >= 11 is 0. The van der Waals surface area contributed by atoms with Gasteiger partial charge in [-0.15, -0.1) is 0 Å². The van der Waals surface area contributed by atoms with Crippen LogP contribution in [0.1, 0.15) is 35.3 Å². The fourth-order valence-corrected chi connectivity index (χ4v) is 2.34. The van der Waals surface area contributed by atoms with Crippen LogP contribution in [0, 0.1) is 0 Å². The van der Waals surface area contributed by atoms with Gasteiger partial charge in [-0.3, -0.25) is 4.90 Å². The summed E-state index contributed by atoms with van der Waals surface area (Å²) in [5.74, 6) is -0.279. The molecule has 0 N–H and O–H groups in total. The lowest BCUT2D eigenvalue weighted by molar-refractivity contribution is 0.0471. The van der Waals surface area contributed by atoms with Crippen LogP contribution in [-0.2, 0) is 17.9 Å². The van der Waals surface area contributed by atoms with Gasteiger partial charge in [0.15, 0.2) is 0 Å². The maximum absolute atomic E-state index is 12.0. The normalized spacial score (nSPS) is 10.7. The van der Waals surface area contributed by atoms with E-state index in [1.165, 1.54) is 5.56 Å². The molecule has 0 aliphatic rings. The molecule has 0 spiro atoms. The fourth-order valence-electron chi connectivity index (χ4n) is 2.34. The van der Waals surface area contributed by atoms with Gasteiger partial charge in [0.05, 0.1) is 5.56 Å². The molecular formula is C19H23NO2. The fraction of sp³-hybridized carbons (Fsp3) is 0.316. The third kappa shape index (κ3) is 4.43. The second kappa shape index (κ2) is 8.35. The maximum atomic E-state index is 12.0. The van der Waals surface area contributed by atoms with Gasteiger partial charge in [-0.2, -0.15) is 0 Å². The second-order valence-electron chi connectivity index (χ2n) is 5.17. The summed E-state index contributed by atoms with van der Waals surface area (Å²) < 4.78 is 5.45. The van der Waals surface area contributed by atoms with Gasteiger partial charge in [-0.1, -0.05) is 56.3 Å². The molecule has 0 amide bonds. The Morgan fingerprint density at radius 3 is 2.14 bits per heavy atom. The van der Waals surface area contributed by atoms with E-state index in [2.05, 4.69) is 24.8 Å².